The molecule has 2 aromatic rings. The molecule has 0 fully saturated rings. The Morgan fingerprint density at radius 3 is 3.00 bits per heavy atom. The van der Waals surface area contributed by atoms with Crippen molar-refractivity contribution >= 4 is 28.1 Å². The van der Waals surface area contributed by atoms with Gasteiger partial charge in [0.1, 0.15) is 5.75 Å². The van der Waals surface area contributed by atoms with Crippen LogP contribution in [0.3, 0.4) is 0 Å². The number of anilines is 1. The van der Waals surface area contributed by atoms with Gasteiger partial charge < -0.3 is 9.57 Å². The smallest absolute Gasteiger partial charge is 0.273 e. The van der Waals surface area contributed by atoms with Crippen LogP contribution in [0, 0.1) is 0 Å². The van der Waals surface area contributed by atoms with Gasteiger partial charge in [0, 0.05) is 23.6 Å². The Morgan fingerprint density at radius 1 is 1.45 bits per heavy atom. The van der Waals surface area contributed by atoms with Crippen LogP contribution in [0.5, 0.6) is 5.75 Å². The highest BCUT2D eigenvalue weighted by molar-refractivity contribution is 7.13. The van der Waals surface area contributed by atoms with Crippen molar-refractivity contribution in [2.45, 2.75) is 18.9 Å². The summed E-state index contributed by atoms with van der Waals surface area (Å²) in [4.78, 5) is 21.8. The summed E-state index contributed by atoms with van der Waals surface area (Å²) >= 11 is 1.36. The fraction of sp³-hybridized carbons (Fsp3) is 0.267. The number of ether oxygens (including phenoxy) is 1. The summed E-state index contributed by atoms with van der Waals surface area (Å²) in [6.07, 6.45) is 2.00. The number of amides is 1. The van der Waals surface area contributed by atoms with Gasteiger partial charge in [0.15, 0.2) is 5.13 Å². The van der Waals surface area contributed by atoms with Gasteiger partial charge in [-0.1, -0.05) is 17.3 Å². The fourth-order valence-electron chi connectivity index (χ4n) is 2.20. The molecular weight excluding hydrogens is 302 g/mol. The zero-order valence-electron chi connectivity index (χ0n) is 12.2. The molecule has 114 valence electrons. The average Bonchev–Trinajstić information content (AvgIpc) is 3.17. The first-order valence-corrected chi connectivity index (χ1v) is 7.60. The number of hydrogen-bond acceptors (Lipinski definition) is 6. The summed E-state index contributed by atoms with van der Waals surface area (Å²) in [6.45, 7) is 1.71. The van der Waals surface area contributed by atoms with E-state index in [0.717, 1.165) is 5.56 Å². The molecule has 22 heavy (non-hydrogen) atoms. The lowest BCUT2D eigenvalue weighted by Crippen LogP contribution is -2.40. The lowest BCUT2D eigenvalue weighted by Gasteiger charge is -2.19. The van der Waals surface area contributed by atoms with Gasteiger partial charge in [0.2, 0.25) is 5.60 Å². The molecule has 1 amide bonds. The molecule has 0 saturated heterocycles. The Hall–Kier alpha value is -2.41. The van der Waals surface area contributed by atoms with E-state index in [1.165, 1.54) is 11.3 Å². The van der Waals surface area contributed by atoms with Crippen molar-refractivity contribution in [1.82, 2.24) is 4.98 Å². The van der Waals surface area contributed by atoms with E-state index in [9.17, 15) is 4.79 Å². The van der Waals surface area contributed by atoms with E-state index in [1.807, 2.05) is 24.3 Å². The van der Waals surface area contributed by atoms with Crippen LogP contribution in [-0.4, -0.2) is 29.3 Å². The van der Waals surface area contributed by atoms with E-state index in [1.54, 1.807) is 25.6 Å². The predicted octanol–water partition coefficient (Wildman–Crippen LogP) is 2.67. The van der Waals surface area contributed by atoms with E-state index in [0.29, 0.717) is 23.0 Å². The van der Waals surface area contributed by atoms with E-state index < -0.39 is 5.60 Å². The Balaban J connectivity index is 1.76. The summed E-state index contributed by atoms with van der Waals surface area (Å²) in [5.41, 5.74) is 0.465. The van der Waals surface area contributed by atoms with Crippen LogP contribution in [0.25, 0.3) is 0 Å². The Bertz CT molecular complexity index is 715. The van der Waals surface area contributed by atoms with E-state index in [2.05, 4.69) is 15.5 Å². The second kappa shape index (κ2) is 5.76. The molecule has 0 aliphatic carbocycles. The number of rotatable bonds is 4. The summed E-state index contributed by atoms with van der Waals surface area (Å²) in [5, 5.41) is 9.16. The maximum absolute atomic E-state index is 12.4. The topological polar surface area (TPSA) is 72.8 Å². The average molecular weight is 317 g/mol. The predicted molar refractivity (Wildman–Crippen MR) is 84.4 cm³/mol. The maximum atomic E-state index is 12.4. The lowest BCUT2D eigenvalue weighted by molar-refractivity contribution is -0.135. The van der Waals surface area contributed by atoms with E-state index in [-0.39, 0.29) is 5.91 Å². The van der Waals surface area contributed by atoms with Crippen LogP contribution >= 0.6 is 11.3 Å². The molecule has 0 bridgehead atoms. The number of methoxy groups -OCH3 is 1. The molecule has 0 radical (unpaired) electrons. The first kappa shape index (κ1) is 14.5. The van der Waals surface area contributed by atoms with Crippen molar-refractivity contribution in [3.8, 4) is 5.75 Å². The second-order valence-electron chi connectivity index (χ2n) is 5.03. The molecule has 1 aromatic heterocycles. The van der Waals surface area contributed by atoms with Gasteiger partial charge in [0.25, 0.3) is 5.91 Å². The zero-order chi connectivity index (χ0) is 15.6. The summed E-state index contributed by atoms with van der Waals surface area (Å²) in [5.74, 6) is 0.436. The molecule has 0 spiro atoms. The van der Waals surface area contributed by atoms with Crippen molar-refractivity contribution in [3.05, 3.63) is 41.4 Å². The number of para-hydroxylation sites is 1. The van der Waals surface area contributed by atoms with Crippen molar-refractivity contribution in [3.63, 3.8) is 0 Å². The molecular formula is C15H15N3O3S. The van der Waals surface area contributed by atoms with Crippen LogP contribution in [0.1, 0.15) is 18.9 Å². The number of nitrogens with one attached hydrogen (secondary N) is 1. The standard InChI is InChI=1S/C15H15N3O3S/c1-15(13(19)17-14-16-7-8-22-14)9-11(18-21-15)10-5-3-4-6-12(10)20-2/h3-8H,9H2,1-2H3,(H,16,17,19)/t15-/m0/s1. The van der Waals surface area contributed by atoms with Gasteiger partial charge in [-0.05, 0) is 19.1 Å². The quantitative estimate of drug-likeness (QED) is 0.941. The normalized spacial score (nSPS) is 20.2. The largest absolute Gasteiger partial charge is 0.496 e. The first-order chi connectivity index (χ1) is 10.6. The summed E-state index contributed by atoms with van der Waals surface area (Å²) in [6, 6.07) is 7.52. The van der Waals surface area contributed by atoms with Gasteiger partial charge in [0.05, 0.1) is 12.8 Å². The number of hydrogen-bond donors (Lipinski definition) is 1. The highest BCUT2D eigenvalue weighted by Crippen LogP contribution is 2.31. The highest BCUT2D eigenvalue weighted by atomic mass is 32.1. The number of aromatic nitrogens is 1. The van der Waals surface area contributed by atoms with Gasteiger partial charge in [-0.3, -0.25) is 10.1 Å². The molecule has 0 unspecified atom stereocenters. The number of nitrogens with zero attached hydrogens (tertiary/aromatic N) is 2. The van der Waals surface area contributed by atoms with Crippen molar-refractivity contribution in [2.75, 3.05) is 12.4 Å². The minimum atomic E-state index is -1.05. The molecule has 6 nitrogen and oxygen atoms in total. The van der Waals surface area contributed by atoms with Gasteiger partial charge in [-0.2, -0.15) is 0 Å². The SMILES string of the molecule is COc1ccccc1C1=NO[C@](C)(C(=O)Nc2nccs2)C1. The highest BCUT2D eigenvalue weighted by Gasteiger charge is 2.43. The third kappa shape index (κ3) is 2.67. The van der Waals surface area contributed by atoms with Crippen molar-refractivity contribution in [2.24, 2.45) is 5.16 Å². The third-order valence-electron chi connectivity index (χ3n) is 3.41. The number of carbonyl (C=O) groups excluding carboxylic acids is 1. The van der Waals surface area contributed by atoms with E-state index >= 15 is 0 Å². The lowest BCUT2D eigenvalue weighted by atomic mass is 9.95. The van der Waals surface area contributed by atoms with Crippen LogP contribution < -0.4 is 10.1 Å². The third-order valence-corrected chi connectivity index (χ3v) is 4.10. The molecule has 1 N–H and O–H groups in total. The van der Waals surface area contributed by atoms with Crippen LogP contribution in [0.2, 0.25) is 0 Å². The number of benzene rings is 1. The monoisotopic (exact) mass is 317 g/mol. The Morgan fingerprint density at radius 2 is 2.27 bits per heavy atom. The molecule has 1 aliphatic heterocycles. The minimum absolute atomic E-state index is 0.268. The molecule has 1 atom stereocenters. The van der Waals surface area contributed by atoms with Crippen LogP contribution in [-0.2, 0) is 9.63 Å². The van der Waals surface area contributed by atoms with Gasteiger partial charge >= 0.3 is 0 Å². The maximum Gasteiger partial charge on any atom is 0.273 e. The Labute approximate surface area is 131 Å². The molecule has 1 aromatic carbocycles. The summed E-state index contributed by atoms with van der Waals surface area (Å²) in [7, 11) is 1.60. The van der Waals surface area contributed by atoms with Crippen LogP contribution in [0.15, 0.2) is 41.0 Å². The molecule has 1 aliphatic rings. The second-order valence-corrected chi connectivity index (χ2v) is 5.92. The fourth-order valence-corrected chi connectivity index (χ4v) is 2.73. The first-order valence-electron chi connectivity index (χ1n) is 6.72. The van der Waals surface area contributed by atoms with Gasteiger partial charge in [-0.15, -0.1) is 11.3 Å². The Kier molecular flexibility index (Phi) is 3.81. The number of thiazole rings is 1. The zero-order valence-corrected chi connectivity index (χ0v) is 13.0. The van der Waals surface area contributed by atoms with Crippen molar-refractivity contribution < 1.29 is 14.4 Å². The molecule has 7 heteroatoms. The summed E-state index contributed by atoms with van der Waals surface area (Å²) < 4.78 is 5.33. The minimum Gasteiger partial charge on any atom is -0.496 e. The molecule has 0 saturated carbocycles. The van der Waals surface area contributed by atoms with Gasteiger partial charge in [-0.25, -0.2) is 4.98 Å². The van der Waals surface area contributed by atoms with Crippen molar-refractivity contribution in [1.29, 1.82) is 0 Å². The molecule has 2 heterocycles. The number of oxime groups is 1. The number of carbonyl (C=O) groups is 1. The molecule has 3 rings (SSSR count). The van der Waals surface area contributed by atoms with E-state index in [4.69, 9.17) is 9.57 Å². The van der Waals surface area contributed by atoms with Crippen LogP contribution in [0.4, 0.5) is 5.13 Å².